The van der Waals surface area contributed by atoms with Gasteiger partial charge in [0.25, 0.3) is 5.91 Å². The minimum atomic E-state index is -1.08. The molecule has 0 saturated carbocycles. The molecule has 1 aromatic rings. The lowest BCUT2D eigenvalue weighted by atomic mass is 10.0. The molecule has 5 nitrogen and oxygen atoms in total. The average molecular weight is 271 g/mol. The summed E-state index contributed by atoms with van der Waals surface area (Å²) in [7, 11) is 0. The number of anilines is 1. The van der Waals surface area contributed by atoms with Crippen molar-refractivity contribution in [1.82, 2.24) is 5.32 Å². The normalized spacial score (nSPS) is 12.2. The summed E-state index contributed by atoms with van der Waals surface area (Å²) in [5.41, 5.74) is 6.16. The molecule has 0 bridgehead atoms. The van der Waals surface area contributed by atoms with Crippen LogP contribution in [0.25, 0.3) is 0 Å². The van der Waals surface area contributed by atoms with E-state index in [4.69, 9.17) is 22.4 Å². The zero-order chi connectivity index (χ0) is 13.9. The first-order valence-electron chi connectivity index (χ1n) is 5.41. The number of nitrogens with two attached hydrogens (primary N) is 1. The number of hydrogen-bond acceptors (Lipinski definition) is 3. The van der Waals surface area contributed by atoms with Gasteiger partial charge in [0, 0.05) is 16.3 Å². The van der Waals surface area contributed by atoms with Crippen LogP contribution in [0.1, 0.15) is 24.2 Å². The van der Waals surface area contributed by atoms with Crippen LogP contribution in [0.15, 0.2) is 18.2 Å². The van der Waals surface area contributed by atoms with Crippen LogP contribution in [0.2, 0.25) is 5.02 Å². The Morgan fingerprint density at radius 2 is 1.94 bits per heavy atom. The largest absolute Gasteiger partial charge is 0.480 e. The minimum absolute atomic E-state index is 0.219. The summed E-state index contributed by atoms with van der Waals surface area (Å²) < 4.78 is 0. The van der Waals surface area contributed by atoms with E-state index in [1.807, 2.05) is 0 Å². The van der Waals surface area contributed by atoms with Crippen molar-refractivity contribution in [2.75, 3.05) is 5.73 Å². The van der Waals surface area contributed by atoms with Gasteiger partial charge in [0.2, 0.25) is 0 Å². The lowest BCUT2D eigenvalue weighted by molar-refractivity contribution is -0.140. The van der Waals surface area contributed by atoms with Crippen molar-refractivity contribution in [2.24, 2.45) is 5.92 Å². The number of benzene rings is 1. The number of nitrogen functional groups attached to an aromatic ring is 1. The summed E-state index contributed by atoms with van der Waals surface area (Å²) >= 11 is 5.78. The van der Waals surface area contributed by atoms with E-state index in [2.05, 4.69) is 5.32 Å². The van der Waals surface area contributed by atoms with Crippen LogP contribution >= 0.6 is 11.6 Å². The number of carboxylic acid groups (broad SMARTS) is 1. The quantitative estimate of drug-likeness (QED) is 0.727. The van der Waals surface area contributed by atoms with E-state index in [0.717, 1.165) is 0 Å². The molecule has 1 atom stereocenters. The Hall–Kier alpha value is -1.75. The van der Waals surface area contributed by atoms with E-state index in [1.54, 1.807) is 13.8 Å². The van der Waals surface area contributed by atoms with Crippen molar-refractivity contribution in [3.05, 3.63) is 28.8 Å². The predicted octanol–water partition coefficient (Wildman–Crippen LogP) is 1.76. The van der Waals surface area contributed by atoms with Crippen LogP contribution in [0.5, 0.6) is 0 Å². The zero-order valence-corrected chi connectivity index (χ0v) is 10.9. The molecule has 0 spiro atoms. The fourth-order valence-corrected chi connectivity index (χ4v) is 1.73. The highest BCUT2D eigenvalue weighted by atomic mass is 35.5. The van der Waals surface area contributed by atoms with Crippen molar-refractivity contribution < 1.29 is 14.7 Å². The summed E-state index contributed by atoms with van der Waals surface area (Å²) in [5, 5.41) is 11.7. The Balaban J connectivity index is 2.90. The minimum Gasteiger partial charge on any atom is -0.480 e. The summed E-state index contributed by atoms with van der Waals surface area (Å²) in [5.74, 6) is -1.80. The molecular weight excluding hydrogens is 256 g/mol. The molecule has 4 N–H and O–H groups in total. The Morgan fingerprint density at radius 1 is 1.33 bits per heavy atom. The van der Waals surface area contributed by atoms with Gasteiger partial charge in [0.15, 0.2) is 0 Å². The van der Waals surface area contributed by atoms with Gasteiger partial charge in [-0.2, -0.15) is 0 Å². The van der Waals surface area contributed by atoms with Crippen molar-refractivity contribution >= 4 is 29.2 Å². The summed E-state index contributed by atoms with van der Waals surface area (Å²) in [4.78, 5) is 22.9. The van der Waals surface area contributed by atoms with Crippen LogP contribution in [0, 0.1) is 5.92 Å². The highest BCUT2D eigenvalue weighted by Gasteiger charge is 2.24. The number of aliphatic carboxylic acids is 1. The number of nitrogens with one attached hydrogen (secondary N) is 1. The number of halogens is 1. The topological polar surface area (TPSA) is 92.4 Å². The summed E-state index contributed by atoms with van der Waals surface area (Å²) in [6.07, 6.45) is 0. The lowest BCUT2D eigenvalue weighted by Crippen LogP contribution is -2.44. The van der Waals surface area contributed by atoms with Gasteiger partial charge in [-0.3, -0.25) is 4.79 Å². The van der Waals surface area contributed by atoms with Crippen molar-refractivity contribution in [3.63, 3.8) is 0 Å². The number of carbonyl (C=O) groups excluding carboxylic acids is 1. The fourth-order valence-electron chi connectivity index (χ4n) is 1.48. The van der Waals surface area contributed by atoms with Gasteiger partial charge in [0.1, 0.15) is 6.04 Å². The van der Waals surface area contributed by atoms with E-state index >= 15 is 0 Å². The first kappa shape index (κ1) is 14.3. The molecule has 0 aliphatic carbocycles. The molecule has 0 aliphatic rings. The third-order valence-corrected chi connectivity index (χ3v) is 2.62. The maximum absolute atomic E-state index is 11.9. The monoisotopic (exact) mass is 270 g/mol. The molecule has 0 unspecified atom stereocenters. The Bertz CT molecular complexity index is 454. The maximum atomic E-state index is 11.9. The molecule has 0 fully saturated rings. The first-order chi connectivity index (χ1) is 8.31. The van der Waals surface area contributed by atoms with E-state index in [0.29, 0.717) is 10.7 Å². The molecule has 1 aromatic carbocycles. The van der Waals surface area contributed by atoms with Crippen LogP contribution in [-0.2, 0) is 4.79 Å². The number of carboxylic acids is 1. The van der Waals surface area contributed by atoms with E-state index in [-0.39, 0.29) is 11.5 Å². The highest BCUT2D eigenvalue weighted by Crippen LogP contribution is 2.17. The fraction of sp³-hybridized carbons (Fsp3) is 0.333. The second kappa shape index (κ2) is 5.73. The van der Waals surface area contributed by atoms with Crippen LogP contribution < -0.4 is 11.1 Å². The second-order valence-electron chi connectivity index (χ2n) is 4.31. The third kappa shape index (κ3) is 3.63. The van der Waals surface area contributed by atoms with Gasteiger partial charge in [-0.05, 0) is 24.1 Å². The molecule has 18 heavy (non-hydrogen) atoms. The number of hydrogen-bond donors (Lipinski definition) is 3. The van der Waals surface area contributed by atoms with Crippen LogP contribution in [0.4, 0.5) is 5.69 Å². The third-order valence-electron chi connectivity index (χ3n) is 2.40. The Morgan fingerprint density at radius 3 is 2.39 bits per heavy atom. The van der Waals surface area contributed by atoms with E-state index in [9.17, 15) is 9.59 Å². The van der Waals surface area contributed by atoms with Crippen LogP contribution in [0.3, 0.4) is 0 Å². The van der Waals surface area contributed by atoms with Gasteiger partial charge >= 0.3 is 5.97 Å². The van der Waals surface area contributed by atoms with E-state index < -0.39 is 17.9 Å². The van der Waals surface area contributed by atoms with Gasteiger partial charge in [-0.1, -0.05) is 25.4 Å². The Labute approximate surface area is 110 Å². The molecular formula is C12H15ClN2O3. The molecule has 0 aromatic heterocycles. The van der Waals surface area contributed by atoms with Crippen molar-refractivity contribution in [1.29, 1.82) is 0 Å². The molecule has 0 aliphatic heterocycles. The average Bonchev–Trinajstić information content (AvgIpc) is 2.23. The highest BCUT2D eigenvalue weighted by molar-refractivity contribution is 6.31. The zero-order valence-electron chi connectivity index (χ0n) is 10.1. The molecule has 0 heterocycles. The Kier molecular flexibility index (Phi) is 4.55. The van der Waals surface area contributed by atoms with Gasteiger partial charge in [-0.15, -0.1) is 0 Å². The summed E-state index contributed by atoms with van der Waals surface area (Å²) in [6, 6.07) is 3.44. The van der Waals surface area contributed by atoms with Gasteiger partial charge in [-0.25, -0.2) is 4.79 Å². The molecule has 0 radical (unpaired) electrons. The number of amides is 1. The molecule has 98 valence electrons. The van der Waals surface area contributed by atoms with Crippen LogP contribution in [-0.4, -0.2) is 23.0 Å². The number of rotatable bonds is 4. The number of carbonyl (C=O) groups is 2. The molecule has 1 amide bonds. The lowest BCUT2D eigenvalue weighted by Gasteiger charge is -2.18. The summed E-state index contributed by atoms with van der Waals surface area (Å²) in [6.45, 7) is 3.43. The second-order valence-corrected chi connectivity index (χ2v) is 4.74. The SMILES string of the molecule is CC(C)[C@@H](NC(=O)c1cc(N)cc(Cl)c1)C(=O)O. The van der Waals surface area contributed by atoms with E-state index in [1.165, 1.54) is 18.2 Å². The van der Waals surface area contributed by atoms with Gasteiger partial charge in [0.05, 0.1) is 0 Å². The molecule has 1 rings (SSSR count). The maximum Gasteiger partial charge on any atom is 0.326 e. The van der Waals surface area contributed by atoms with Crippen molar-refractivity contribution in [2.45, 2.75) is 19.9 Å². The molecule has 0 saturated heterocycles. The van der Waals surface area contributed by atoms with Crippen molar-refractivity contribution in [3.8, 4) is 0 Å². The first-order valence-corrected chi connectivity index (χ1v) is 5.78. The molecule has 6 heteroatoms. The standard InChI is InChI=1S/C12H15ClN2O3/c1-6(2)10(12(17)18)15-11(16)7-3-8(13)5-9(14)4-7/h3-6,10H,14H2,1-2H3,(H,15,16)(H,17,18)/t10-/m1/s1. The smallest absolute Gasteiger partial charge is 0.326 e. The predicted molar refractivity (Wildman–Crippen MR) is 69.6 cm³/mol. The van der Waals surface area contributed by atoms with Gasteiger partial charge < -0.3 is 16.2 Å².